The number of H-pyrrole nitrogens is 1. The highest BCUT2D eigenvalue weighted by Crippen LogP contribution is 2.16. The molecule has 1 aromatic heterocycles. The summed E-state index contributed by atoms with van der Waals surface area (Å²) in [6.45, 7) is 4.10. The fourth-order valence-electron chi connectivity index (χ4n) is 2.76. The molecule has 0 spiro atoms. The molecular formula is C16H21N3O2. The van der Waals surface area contributed by atoms with Crippen molar-refractivity contribution in [3.05, 3.63) is 30.1 Å². The van der Waals surface area contributed by atoms with E-state index in [2.05, 4.69) is 9.97 Å². The number of benzene rings is 1. The second-order valence-electron chi connectivity index (χ2n) is 5.43. The number of amides is 1. The zero-order valence-corrected chi connectivity index (χ0v) is 12.3. The Kier molecular flexibility index (Phi) is 4.20. The fourth-order valence-corrected chi connectivity index (χ4v) is 2.76. The summed E-state index contributed by atoms with van der Waals surface area (Å²) in [5.74, 6) is 0.358. The van der Waals surface area contributed by atoms with Gasteiger partial charge in [0.05, 0.1) is 17.1 Å². The smallest absolute Gasteiger partial charge is 0.289 e. The molecule has 0 aliphatic carbocycles. The Hall–Kier alpha value is -1.88. The number of imidazole rings is 1. The first-order valence-corrected chi connectivity index (χ1v) is 7.63. The second-order valence-corrected chi connectivity index (χ2v) is 5.43. The third-order valence-electron chi connectivity index (χ3n) is 3.96. The SMILES string of the molecule is CCN(C[C@@H]1CCCCO1)C(=O)c1nc2ccccc2[nH]1. The van der Waals surface area contributed by atoms with Crippen molar-refractivity contribution in [3.8, 4) is 0 Å². The molecule has 1 aliphatic heterocycles. The van der Waals surface area contributed by atoms with Crippen LogP contribution in [0.2, 0.25) is 0 Å². The highest BCUT2D eigenvalue weighted by Gasteiger charge is 2.23. The van der Waals surface area contributed by atoms with Gasteiger partial charge in [0.25, 0.3) is 5.91 Å². The molecule has 3 rings (SSSR count). The van der Waals surface area contributed by atoms with Gasteiger partial charge in [0, 0.05) is 19.7 Å². The van der Waals surface area contributed by atoms with Crippen molar-refractivity contribution in [1.82, 2.24) is 14.9 Å². The lowest BCUT2D eigenvalue weighted by atomic mass is 10.1. The number of nitrogens with zero attached hydrogens (tertiary/aromatic N) is 2. The number of carbonyl (C=O) groups is 1. The summed E-state index contributed by atoms with van der Waals surface area (Å²) in [6, 6.07) is 7.69. The first kappa shape index (κ1) is 14.1. The topological polar surface area (TPSA) is 58.2 Å². The van der Waals surface area contributed by atoms with Crippen molar-refractivity contribution < 1.29 is 9.53 Å². The van der Waals surface area contributed by atoms with Crippen LogP contribution in [0.25, 0.3) is 11.0 Å². The average Bonchev–Trinajstić information content (AvgIpc) is 2.97. The van der Waals surface area contributed by atoms with Crippen LogP contribution in [0.3, 0.4) is 0 Å². The first-order chi connectivity index (χ1) is 10.3. The number of hydrogen-bond donors (Lipinski definition) is 1. The predicted molar refractivity (Wildman–Crippen MR) is 81.3 cm³/mol. The molecule has 5 nitrogen and oxygen atoms in total. The monoisotopic (exact) mass is 287 g/mol. The molecule has 1 atom stereocenters. The van der Waals surface area contributed by atoms with Crippen molar-refractivity contribution in [3.63, 3.8) is 0 Å². The number of rotatable bonds is 4. The van der Waals surface area contributed by atoms with E-state index in [0.29, 0.717) is 18.9 Å². The van der Waals surface area contributed by atoms with E-state index in [1.54, 1.807) is 0 Å². The second kappa shape index (κ2) is 6.26. The highest BCUT2D eigenvalue weighted by atomic mass is 16.5. The summed E-state index contributed by atoms with van der Waals surface area (Å²) < 4.78 is 5.73. The Bertz CT molecular complexity index is 584. The number of fused-ring (bicyclic) bond motifs is 1. The Labute approximate surface area is 124 Å². The third-order valence-corrected chi connectivity index (χ3v) is 3.96. The van der Waals surface area contributed by atoms with E-state index in [9.17, 15) is 4.79 Å². The molecule has 21 heavy (non-hydrogen) atoms. The maximum Gasteiger partial charge on any atom is 0.289 e. The zero-order chi connectivity index (χ0) is 14.7. The fraction of sp³-hybridized carbons (Fsp3) is 0.500. The number of para-hydroxylation sites is 2. The Morgan fingerprint density at radius 2 is 2.29 bits per heavy atom. The van der Waals surface area contributed by atoms with Crippen LogP contribution in [0, 0.1) is 0 Å². The van der Waals surface area contributed by atoms with Gasteiger partial charge >= 0.3 is 0 Å². The van der Waals surface area contributed by atoms with Crippen molar-refractivity contribution in [2.24, 2.45) is 0 Å². The maximum absolute atomic E-state index is 12.6. The van der Waals surface area contributed by atoms with E-state index in [0.717, 1.165) is 30.5 Å². The van der Waals surface area contributed by atoms with Crippen LogP contribution >= 0.6 is 0 Å². The lowest BCUT2D eigenvalue weighted by molar-refractivity contribution is -0.00332. The first-order valence-electron chi connectivity index (χ1n) is 7.63. The van der Waals surface area contributed by atoms with Gasteiger partial charge in [-0.2, -0.15) is 0 Å². The van der Waals surface area contributed by atoms with Crippen LogP contribution in [-0.2, 0) is 4.74 Å². The number of nitrogens with one attached hydrogen (secondary N) is 1. The van der Waals surface area contributed by atoms with Gasteiger partial charge in [-0.15, -0.1) is 0 Å². The molecule has 1 fully saturated rings. The number of aromatic amines is 1. The summed E-state index contributed by atoms with van der Waals surface area (Å²) in [7, 11) is 0. The molecule has 1 N–H and O–H groups in total. The van der Waals surface area contributed by atoms with Crippen LogP contribution in [0.15, 0.2) is 24.3 Å². The molecule has 1 aromatic carbocycles. The van der Waals surface area contributed by atoms with Gasteiger partial charge in [-0.3, -0.25) is 4.79 Å². The van der Waals surface area contributed by atoms with Crippen LogP contribution in [0.4, 0.5) is 0 Å². The van der Waals surface area contributed by atoms with Gasteiger partial charge in [0.15, 0.2) is 5.82 Å². The summed E-state index contributed by atoms with van der Waals surface area (Å²) in [5.41, 5.74) is 1.72. The van der Waals surface area contributed by atoms with Gasteiger partial charge < -0.3 is 14.6 Å². The van der Waals surface area contributed by atoms with Crippen molar-refractivity contribution >= 4 is 16.9 Å². The molecule has 2 aromatic rings. The average molecular weight is 287 g/mol. The minimum atomic E-state index is -0.0529. The van der Waals surface area contributed by atoms with Crippen LogP contribution < -0.4 is 0 Å². The van der Waals surface area contributed by atoms with Crippen molar-refractivity contribution in [2.45, 2.75) is 32.3 Å². The largest absolute Gasteiger partial charge is 0.376 e. The number of hydrogen-bond acceptors (Lipinski definition) is 3. The lowest BCUT2D eigenvalue weighted by Crippen LogP contribution is -2.40. The number of ether oxygens (including phenoxy) is 1. The van der Waals surface area contributed by atoms with E-state index in [1.165, 1.54) is 6.42 Å². The van der Waals surface area contributed by atoms with Gasteiger partial charge in [0.1, 0.15) is 0 Å². The third kappa shape index (κ3) is 3.08. The van der Waals surface area contributed by atoms with Gasteiger partial charge in [-0.25, -0.2) is 4.98 Å². The van der Waals surface area contributed by atoms with Gasteiger partial charge in [0.2, 0.25) is 0 Å². The molecule has 112 valence electrons. The van der Waals surface area contributed by atoms with Crippen LogP contribution in [-0.4, -0.2) is 46.6 Å². The Balaban J connectivity index is 1.74. The van der Waals surface area contributed by atoms with Crippen molar-refractivity contribution in [1.29, 1.82) is 0 Å². The molecule has 2 heterocycles. The molecule has 5 heteroatoms. The molecule has 0 bridgehead atoms. The minimum absolute atomic E-state index is 0.0529. The van der Waals surface area contributed by atoms with Gasteiger partial charge in [-0.05, 0) is 38.3 Å². The van der Waals surface area contributed by atoms with E-state index < -0.39 is 0 Å². The van der Waals surface area contributed by atoms with E-state index in [4.69, 9.17) is 4.74 Å². The Morgan fingerprint density at radius 1 is 1.43 bits per heavy atom. The minimum Gasteiger partial charge on any atom is -0.376 e. The van der Waals surface area contributed by atoms with E-state index in [1.807, 2.05) is 36.1 Å². The molecule has 0 unspecified atom stereocenters. The number of carbonyl (C=O) groups excluding carboxylic acids is 1. The summed E-state index contributed by atoms with van der Waals surface area (Å²) in [4.78, 5) is 21.9. The molecule has 1 amide bonds. The van der Waals surface area contributed by atoms with Crippen molar-refractivity contribution in [2.75, 3.05) is 19.7 Å². The van der Waals surface area contributed by atoms with Crippen LogP contribution in [0.5, 0.6) is 0 Å². The summed E-state index contributed by atoms with van der Waals surface area (Å²) in [6.07, 6.45) is 3.50. The predicted octanol–water partition coefficient (Wildman–Crippen LogP) is 2.59. The Morgan fingerprint density at radius 3 is 3.00 bits per heavy atom. The molecule has 1 aliphatic rings. The molecule has 0 saturated carbocycles. The standard InChI is InChI=1S/C16H21N3O2/c1-2-19(11-12-7-5-6-10-21-12)16(20)15-17-13-8-3-4-9-14(13)18-15/h3-4,8-9,12H,2,5-7,10-11H2,1H3,(H,17,18)/t12-/m0/s1. The number of likely N-dealkylation sites (N-methyl/N-ethyl adjacent to an activating group) is 1. The quantitative estimate of drug-likeness (QED) is 0.940. The summed E-state index contributed by atoms with van der Waals surface area (Å²) in [5, 5.41) is 0. The van der Waals surface area contributed by atoms with E-state index in [-0.39, 0.29) is 12.0 Å². The zero-order valence-electron chi connectivity index (χ0n) is 12.3. The van der Waals surface area contributed by atoms with Gasteiger partial charge in [-0.1, -0.05) is 12.1 Å². The van der Waals surface area contributed by atoms with Crippen LogP contribution in [0.1, 0.15) is 36.8 Å². The highest BCUT2D eigenvalue weighted by molar-refractivity contribution is 5.94. The lowest BCUT2D eigenvalue weighted by Gasteiger charge is -2.28. The molecular weight excluding hydrogens is 266 g/mol. The normalized spacial score (nSPS) is 18.8. The maximum atomic E-state index is 12.6. The number of aromatic nitrogens is 2. The molecule has 1 saturated heterocycles. The van der Waals surface area contributed by atoms with E-state index >= 15 is 0 Å². The summed E-state index contributed by atoms with van der Waals surface area (Å²) >= 11 is 0. The molecule has 0 radical (unpaired) electrons.